The number of hydrogen-bond acceptors (Lipinski definition) is 3. The molecule has 3 rings (SSSR count). The Kier molecular flexibility index (Phi) is 5.06. The SMILES string of the molecule is C=CC1=C(C)[C@@H]2CCC3[C@@](COC(C)=O)(C(=O)O)CCC[C@]3(C)[C@H]2CC1. The molecule has 0 aromatic carbocycles. The molecule has 4 heteroatoms. The van der Waals surface area contributed by atoms with Gasteiger partial charge in [-0.1, -0.05) is 31.6 Å². The van der Waals surface area contributed by atoms with E-state index in [0.29, 0.717) is 18.3 Å². The fourth-order valence-electron chi connectivity index (χ4n) is 6.60. The molecule has 144 valence electrons. The van der Waals surface area contributed by atoms with E-state index in [2.05, 4.69) is 20.4 Å². The Morgan fingerprint density at radius 2 is 2.04 bits per heavy atom. The number of aliphatic carboxylic acids is 1. The number of hydrogen-bond donors (Lipinski definition) is 1. The van der Waals surface area contributed by atoms with Crippen molar-refractivity contribution in [1.82, 2.24) is 0 Å². The van der Waals surface area contributed by atoms with Crippen molar-refractivity contribution in [2.24, 2.45) is 28.6 Å². The van der Waals surface area contributed by atoms with E-state index in [0.717, 1.165) is 38.5 Å². The zero-order valence-electron chi connectivity index (χ0n) is 16.3. The summed E-state index contributed by atoms with van der Waals surface area (Å²) in [5.74, 6) is -0.0563. The van der Waals surface area contributed by atoms with Gasteiger partial charge in [-0.3, -0.25) is 9.59 Å². The van der Waals surface area contributed by atoms with E-state index in [1.165, 1.54) is 18.1 Å². The Balaban J connectivity index is 1.97. The molecule has 0 saturated heterocycles. The topological polar surface area (TPSA) is 63.6 Å². The van der Waals surface area contributed by atoms with Gasteiger partial charge in [-0.25, -0.2) is 0 Å². The second kappa shape index (κ2) is 6.86. The zero-order chi connectivity index (χ0) is 19.1. The number of carbonyl (C=O) groups is 2. The van der Waals surface area contributed by atoms with Crippen LogP contribution >= 0.6 is 0 Å². The first-order valence-electron chi connectivity index (χ1n) is 9.95. The lowest BCUT2D eigenvalue weighted by Gasteiger charge is -2.60. The summed E-state index contributed by atoms with van der Waals surface area (Å²) < 4.78 is 5.29. The molecule has 26 heavy (non-hydrogen) atoms. The molecule has 0 aromatic heterocycles. The average molecular weight is 360 g/mol. The smallest absolute Gasteiger partial charge is 0.313 e. The van der Waals surface area contributed by atoms with Crippen LogP contribution in [0.5, 0.6) is 0 Å². The van der Waals surface area contributed by atoms with E-state index in [9.17, 15) is 14.7 Å². The lowest BCUT2D eigenvalue weighted by Crippen LogP contribution is -2.58. The number of rotatable bonds is 4. The summed E-state index contributed by atoms with van der Waals surface area (Å²) in [5.41, 5.74) is 1.91. The van der Waals surface area contributed by atoms with Gasteiger partial charge in [0, 0.05) is 6.92 Å². The van der Waals surface area contributed by atoms with Crippen LogP contribution in [0.4, 0.5) is 0 Å². The van der Waals surface area contributed by atoms with Gasteiger partial charge in [-0.2, -0.15) is 0 Å². The molecule has 0 spiro atoms. The molecular formula is C22H32O4. The Morgan fingerprint density at radius 1 is 1.31 bits per heavy atom. The summed E-state index contributed by atoms with van der Waals surface area (Å²) in [5, 5.41) is 10.2. The van der Waals surface area contributed by atoms with Gasteiger partial charge in [0.05, 0.1) is 0 Å². The standard InChI is InChI=1S/C22H32O4/c1-5-16-7-9-18-17(14(16)2)8-10-19-21(18,4)11-6-12-22(19,20(24)25)13-26-15(3)23/h5,17-19H,1,6-13H2,2-4H3,(H,24,25)/t17-,18-,19?,21+,22+/m0/s1. The number of carboxylic acids is 1. The third-order valence-electron chi connectivity index (χ3n) is 7.89. The number of fused-ring (bicyclic) bond motifs is 3. The molecular weight excluding hydrogens is 328 g/mol. The third-order valence-corrected chi connectivity index (χ3v) is 7.89. The van der Waals surface area contributed by atoms with Crippen LogP contribution in [-0.2, 0) is 14.3 Å². The highest BCUT2D eigenvalue weighted by atomic mass is 16.5. The maximum Gasteiger partial charge on any atom is 0.313 e. The van der Waals surface area contributed by atoms with Gasteiger partial charge in [0.25, 0.3) is 0 Å². The quantitative estimate of drug-likeness (QED) is 0.735. The molecule has 4 nitrogen and oxygen atoms in total. The number of ether oxygens (including phenoxy) is 1. The van der Waals surface area contributed by atoms with Crippen LogP contribution in [0.1, 0.15) is 65.7 Å². The van der Waals surface area contributed by atoms with Crippen molar-refractivity contribution >= 4 is 11.9 Å². The van der Waals surface area contributed by atoms with Gasteiger partial charge in [0.2, 0.25) is 0 Å². The van der Waals surface area contributed by atoms with Crippen LogP contribution in [0.3, 0.4) is 0 Å². The van der Waals surface area contributed by atoms with Crippen LogP contribution < -0.4 is 0 Å². The molecule has 0 heterocycles. The fraction of sp³-hybridized carbons (Fsp3) is 0.727. The predicted molar refractivity (Wildman–Crippen MR) is 100 cm³/mol. The van der Waals surface area contributed by atoms with Gasteiger partial charge in [-0.05, 0) is 74.2 Å². The molecule has 2 fully saturated rings. The van der Waals surface area contributed by atoms with E-state index in [1.54, 1.807) is 0 Å². The summed E-state index contributed by atoms with van der Waals surface area (Å²) in [4.78, 5) is 23.8. The Labute approximate surface area is 156 Å². The van der Waals surface area contributed by atoms with Crippen molar-refractivity contribution in [1.29, 1.82) is 0 Å². The fourth-order valence-corrected chi connectivity index (χ4v) is 6.60. The predicted octanol–water partition coefficient (Wildman–Crippen LogP) is 4.75. The van der Waals surface area contributed by atoms with E-state index < -0.39 is 17.4 Å². The first-order chi connectivity index (χ1) is 12.3. The monoisotopic (exact) mass is 360 g/mol. The number of esters is 1. The van der Waals surface area contributed by atoms with Gasteiger partial charge in [0.1, 0.15) is 12.0 Å². The normalized spacial score (nSPS) is 39.6. The first kappa shape index (κ1) is 19.2. The second-order valence-electron chi connectivity index (χ2n) is 8.89. The van der Waals surface area contributed by atoms with Crippen LogP contribution in [0.25, 0.3) is 0 Å². The van der Waals surface area contributed by atoms with Gasteiger partial charge < -0.3 is 9.84 Å². The molecule has 2 saturated carbocycles. The van der Waals surface area contributed by atoms with Crippen molar-refractivity contribution in [3.8, 4) is 0 Å². The van der Waals surface area contributed by atoms with Crippen LogP contribution in [0.2, 0.25) is 0 Å². The minimum Gasteiger partial charge on any atom is -0.481 e. The molecule has 0 amide bonds. The molecule has 1 unspecified atom stereocenters. The lowest BCUT2D eigenvalue weighted by molar-refractivity contribution is -0.184. The van der Waals surface area contributed by atoms with Gasteiger partial charge >= 0.3 is 11.9 Å². The number of allylic oxidation sites excluding steroid dienone is 3. The maximum atomic E-state index is 12.4. The molecule has 1 N–H and O–H groups in total. The van der Waals surface area contributed by atoms with Gasteiger partial charge in [0.15, 0.2) is 0 Å². The van der Waals surface area contributed by atoms with Gasteiger partial charge in [-0.15, -0.1) is 0 Å². The highest BCUT2D eigenvalue weighted by Crippen LogP contribution is 2.64. The summed E-state index contributed by atoms with van der Waals surface area (Å²) in [6, 6.07) is 0. The molecule has 0 aromatic rings. The molecule has 0 radical (unpaired) electrons. The van der Waals surface area contributed by atoms with E-state index >= 15 is 0 Å². The summed E-state index contributed by atoms with van der Waals surface area (Å²) >= 11 is 0. The Morgan fingerprint density at radius 3 is 2.65 bits per heavy atom. The zero-order valence-corrected chi connectivity index (χ0v) is 16.3. The third kappa shape index (κ3) is 2.82. The minimum atomic E-state index is -0.931. The number of carbonyl (C=O) groups excluding carboxylic acids is 1. The largest absolute Gasteiger partial charge is 0.481 e. The molecule has 0 aliphatic heterocycles. The van der Waals surface area contributed by atoms with Crippen LogP contribution in [0.15, 0.2) is 23.8 Å². The Hall–Kier alpha value is -1.58. The van der Waals surface area contributed by atoms with Crippen molar-refractivity contribution < 1.29 is 19.4 Å². The first-order valence-corrected chi connectivity index (χ1v) is 9.95. The summed E-state index contributed by atoms with van der Waals surface area (Å²) in [7, 11) is 0. The lowest BCUT2D eigenvalue weighted by atomic mass is 9.43. The highest BCUT2D eigenvalue weighted by molar-refractivity contribution is 5.76. The van der Waals surface area contributed by atoms with E-state index in [4.69, 9.17) is 4.74 Å². The minimum absolute atomic E-state index is 0.00628. The highest BCUT2D eigenvalue weighted by Gasteiger charge is 2.61. The van der Waals surface area contributed by atoms with E-state index in [1.807, 2.05) is 6.08 Å². The van der Waals surface area contributed by atoms with Crippen molar-refractivity contribution in [2.75, 3.05) is 6.61 Å². The summed E-state index contributed by atoms with van der Waals surface area (Å²) in [6.07, 6.45) is 8.66. The molecule has 5 atom stereocenters. The molecule has 0 bridgehead atoms. The Bertz CT molecular complexity index is 649. The van der Waals surface area contributed by atoms with Crippen molar-refractivity contribution in [3.63, 3.8) is 0 Å². The summed E-state index contributed by atoms with van der Waals surface area (Å²) in [6.45, 7) is 9.90. The average Bonchev–Trinajstić information content (AvgIpc) is 2.59. The van der Waals surface area contributed by atoms with Crippen molar-refractivity contribution in [3.05, 3.63) is 23.8 Å². The molecule has 3 aliphatic rings. The maximum absolute atomic E-state index is 12.4. The van der Waals surface area contributed by atoms with Crippen LogP contribution in [-0.4, -0.2) is 23.7 Å². The second-order valence-corrected chi connectivity index (χ2v) is 8.89. The molecule has 3 aliphatic carbocycles. The van der Waals surface area contributed by atoms with E-state index in [-0.39, 0.29) is 17.9 Å². The van der Waals surface area contributed by atoms with Crippen LogP contribution in [0, 0.1) is 28.6 Å². The van der Waals surface area contributed by atoms with Crippen molar-refractivity contribution in [2.45, 2.75) is 65.7 Å². The number of carboxylic acid groups (broad SMARTS) is 1.